The minimum absolute atomic E-state index is 0.129. The van der Waals surface area contributed by atoms with E-state index in [1.165, 1.54) is 23.9 Å². The molecule has 1 heterocycles. The first-order valence-electron chi connectivity index (χ1n) is 4.50. The quantitative estimate of drug-likeness (QED) is 0.828. The van der Waals surface area contributed by atoms with Gasteiger partial charge in [0.05, 0.1) is 0 Å². The van der Waals surface area contributed by atoms with Crippen molar-refractivity contribution in [2.75, 3.05) is 0 Å². The number of hydrogen-bond acceptors (Lipinski definition) is 3. The zero-order valence-electron chi connectivity index (χ0n) is 7.48. The monoisotopic (exact) mass is 215 g/mol. The average Bonchev–Trinajstić information content (AvgIpc) is 2.40. The van der Waals surface area contributed by atoms with Gasteiger partial charge in [-0.3, -0.25) is 0 Å². The van der Waals surface area contributed by atoms with Crippen LogP contribution in [0.15, 0.2) is 0 Å². The Morgan fingerprint density at radius 2 is 2.36 bits per heavy atom. The first kappa shape index (κ1) is 9.45. The molecule has 0 aliphatic heterocycles. The highest BCUT2D eigenvalue weighted by atomic mass is 35.5. The molecule has 0 bridgehead atoms. The third-order valence-corrected chi connectivity index (χ3v) is 2.91. The smallest absolute Gasteiger partial charge is 0.359 e. The van der Waals surface area contributed by atoms with Crippen LogP contribution < -0.4 is 0 Å². The summed E-state index contributed by atoms with van der Waals surface area (Å²) in [7, 11) is 0. The normalized spacial score (nSPS) is 16.6. The van der Waals surface area contributed by atoms with Crippen molar-refractivity contribution < 1.29 is 9.90 Å². The van der Waals surface area contributed by atoms with Gasteiger partial charge in [-0.2, -0.15) is 0 Å². The number of carboxylic acid groups (broad SMARTS) is 1. The summed E-state index contributed by atoms with van der Waals surface area (Å²) >= 11 is 5.80. The molecule has 76 valence electrons. The van der Waals surface area contributed by atoms with Gasteiger partial charge in [-0.05, 0) is 18.8 Å². The van der Waals surface area contributed by atoms with Crippen molar-refractivity contribution in [1.29, 1.82) is 0 Å². The van der Waals surface area contributed by atoms with Crippen LogP contribution in [-0.4, -0.2) is 26.1 Å². The molecule has 1 aromatic rings. The number of nitrogens with zero attached hydrogens (tertiary/aromatic N) is 3. The third kappa shape index (κ3) is 1.59. The summed E-state index contributed by atoms with van der Waals surface area (Å²) in [4.78, 5) is 10.6. The lowest BCUT2D eigenvalue weighted by Gasteiger charge is -2.24. The summed E-state index contributed by atoms with van der Waals surface area (Å²) in [5, 5.41) is 16.0. The molecule has 0 spiro atoms. The van der Waals surface area contributed by atoms with Crippen LogP contribution in [0.2, 0.25) is 5.15 Å². The second-order valence-corrected chi connectivity index (χ2v) is 3.87. The van der Waals surface area contributed by atoms with Crippen molar-refractivity contribution in [2.24, 2.45) is 5.92 Å². The van der Waals surface area contributed by atoms with E-state index < -0.39 is 5.97 Å². The van der Waals surface area contributed by atoms with Gasteiger partial charge in [0.1, 0.15) is 0 Å². The number of carboxylic acids is 1. The SMILES string of the molecule is O=C(O)c1nnn(CC2CCC2)c1Cl. The standard InChI is InChI=1S/C8H10ClN3O2/c9-7-6(8(13)14)10-11-12(7)4-5-2-1-3-5/h5H,1-4H2,(H,13,14). The fourth-order valence-electron chi connectivity index (χ4n) is 1.47. The summed E-state index contributed by atoms with van der Waals surface area (Å²) < 4.78 is 1.47. The molecule has 1 aliphatic rings. The van der Waals surface area contributed by atoms with Crippen molar-refractivity contribution >= 4 is 17.6 Å². The lowest BCUT2D eigenvalue weighted by atomic mass is 9.85. The van der Waals surface area contributed by atoms with Crippen molar-refractivity contribution in [2.45, 2.75) is 25.8 Å². The predicted molar refractivity (Wildman–Crippen MR) is 49.3 cm³/mol. The molecule has 1 saturated carbocycles. The van der Waals surface area contributed by atoms with Crippen LogP contribution in [0.5, 0.6) is 0 Å². The fraction of sp³-hybridized carbons (Fsp3) is 0.625. The second-order valence-electron chi connectivity index (χ2n) is 3.51. The van der Waals surface area contributed by atoms with Gasteiger partial charge in [0.25, 0.3) is 0 Å². The van der Waals surface area contributed by atoms with Crippen LogP contribution in [0, 0.1) is 5.92 Å². The van der Waals surface area contributed by atoms with Gasteiger partial charge in [-0.25, -0.2) is 9.48 Å². The maximum Gasteiger partial charge on any atom is 0.359 e. The summed E-state index contributed by atoms with van der Waals surface area (Å²) in [6.07, 6.45) is 3.57. The van der Waals surface area contributed by atoms with Crippen molar-refractivity contribution in [3.63, 3.8) is 0 Å². The van der Waals surface area contributed by atoms with Crippen LogP contribution >= 0.6 is 11.6 Å². The van der Waals surface area contributed by atoms with Crippen LogP contribution in [0.3, 0.4) is 0 Å². The molecule has 0 unspecified atom stereocenters. The Labute approximate surface area is 85.7 Å². The number of carbonyl (C=O) groups is 1. The van der Waals surface area contributed by atoms with Gasteiger partial charge >= 0.3 is 5.97 Å². The Morgan fingerprint density at radius 3 is 2.79 bits per heavy atom. The minimum atomic E-state index is -1.13. The predicted octanol–water partition coefficient (Wildman–Crippen LogP) is 1.43. The molecule has 0 amide bonds. The first-order valence-corrected chi connectivity index (χ1v) is 4.88. The molecular formula is C8H10ClN3O2. The summed E-state index contributed by atoms with van der Waals surface area (Å²) in [5.41, 5.74) is -0.161. The highest BCUT2D eigenvalue weighted by Crippen LogP contribution is 2.28. The van der Waals surface area contributed by atoms with Gasteiger partial charge in [-0.15, -0.1) is 5.10 Å². The molecule has 6 heteroatoms. The van der Waals surface area contributed by atoms with Gasteiger partial charge in [0, 0.05) is 6.54 Å². The highest BCUT2D eigenvalue weighted by Gasteiger charge is 2.22. The van der Waals surface area contributed by atoms with Gasteiger partial charge < -0.3 is 5.11 Å². The van der Waals surface area contributed by atoms with Crippen LogP contribution in [-0.2, 0) is 6.54 Å². The summed E-state index contributed by atoms with van der Waals surface area (Å²) in [6.45, 7) is 0.680. The first-order chi connectivity index (χ1) is 6.68. The Balaban J connectivity index is 2.13. The maximum absolute atomic E-state index is 10.6. The lowest BCUT2D eigenvalue weighted by Crippen LogP contribution is -2.19. The molecule has 1 fully saturated rings. The molecule has 1 aromatic heterocycles. The lowest BCUT2D eigenvalue weighted by molar-refractivity contribution is 0.0690. The van der Waals surface area contributed by atoms with Gasteiger partial charge in [0.2, 0.25) is 5.69 Å². The molecule has 0 aromatic carbocycles. The number of aromatic carboxylic acids is 1. The Bertz CT molecular complexity index is 359. The molecule has 2 rings (SSSR count). The van der Waals surface area contributed by atoms with E-state index in [1.807, 2.05) is 0 Å². The van der Waals surface area contributed by atoms with E-state index in [-0.39, 0.29) is 10.8 Å². The molecule has 0 atom stereocenters. The minimum Gasteiger partial charge on any atom is -0.476 e. The van der Waals surface area contributed by atoms with Crippen LogP contribution in [0.4, 0.5) is 0 Å². The highest BCUT2D eigenvalue weighted by molar-refractivity contribution is 6.32. The largest absolute Gasteiger partial charge is 0.476 e. The second kappa shape index (κ2) is 3.57. The van der Waals surface area contributed by atoms with E-state index in [4.69, 9.17) is 16.7 Å². The average molecular weight is 216 g/mol. The molecule has 5 nitrogen and oxygen atoms in total. The molecule has 1 aliphatic carbocycles. The van der Waals surface area contributed by atoms with Crippen LogP contribution in [0.1, 0.15) is 29.8 Å². The zero-order chi connectivity index (χ0) is 10.1. The number of rotatable bonds is 3. The molecular weight excluding hydrogens is 206 g/mol. The van der Waals surface area contributed by atoms with Crippen molar-refractivity contribution in [1.82, 2.24) is 15.0 Å². The number of halogens is 1. The van der Waals surface area contributed by atoms with Gasteiger partial charge in [-0.1, -0.05) is 23.2 Å². The maximum atomic E-state index is 10.6. The number of aromatic nitrogens is 3. The fourth-order valence-corrected chi connectivity index (χ4v) is 1.69. The summed E-state index contributed by atoms with van der Waals surface area (Å²) in [6, 6.07) is 0. The van der Waals surface area contributed by atoms with E-state index in [0.717, 1.165) is 0 Å². The Morgan fingerprint density at radius 1 is 1.64 bits per heavy atom. The van der Waals surface area contributed by atoms with Crippen LogP contribution in [0.25, 0.3) is 0 Å². The molecule has 0 saturated heterocycles. The Hall–Kier alpha value is -1.10. The van der Waals surface area contributed by atoms with E-state index in [0.29, 0.717) is 12.5 Å². The van der Waals surface area contributed by atoms with Gasteiger partial charge in [0.15, 0.2) is 5.15 Å². The molecule has 0 radical (unpaired) electrons. The zero-order valence-corrected chi connectivity index (χ0v) is 8.24. The topological polar surface area (TPSA) is 68.0 Å². The van der Waals surface area contributed by atoms with E-state index in [9.17, 15) is 4.79 Å². The van der Waals surface area contributed by atoms with E-state index in [1.54, 1.807) is 0 Å². The number of hydrogen-bond donors (Lipinski definition) is 1. The van der Waals surface area contributed by atoms with Crippen molar-refractivity contribution in [3.05, 3.63) is 10.8 Å². The van der Waals surface area contributed by atoms with E-state index in [2.05, 4.69) is 10.3 Å². The Kier molecular flexibility index (Phi) is 2.41. The third-order valence-electron chi connectivity index (χ3n) is 2.53. The molecule has 1 N–H and O–H groups in total. The van der Waals surface area contributed by atoms with E-state index >= 15 is 0 Å². The van der Waals surface area contributed by atoms with Crippen molar-refractivity contribution in [3.8, 4) is 0 Å². The summed E-state index contributed by atoms with van der Waals surface area (Å²) in [5.74, 6) is -0.550. The molecule has 14 heavy (non-hydrogen) atoms.